The van der Waals surface area contributed by atoms with E-state index in [1.54, 1.807) is 4.90 Å². The number of methoxy groups -OCH3 is 2. The van der Waals surface area contributed by atoms with Gasteiger partial charge in [0, 0.05) is 20.8 Å². The van der Waals surface area contributed by atoms with Crippen LogP contribution in [-0.2, 0) is 15.9 Å². The van der Waals surface area contributed by atoms with Crippen molar-refractivity contribution in [3.63, 3.8) is 0 Å². The normalized spacial score (nSPS) is 13.2. The van der Waals surface area contributed by atoms with Crippen molar-refractivity contribution < 1.29 is 14.3 Å². The first-order valence-corrected chi connectivity index (χ1v) is 8.02. The van der Waals surface area contributed by atoms with Gasteiger partial charge in [0.25, 0.3) is 0 Å². The maximum absolute atomic E-state index is 12.7. The van der Waals surface area contributed by atoms with Crippen molar-refractivity contribution in [2.24, 2.45) is 0 Å². The zero-order chi connectivity index (χ0) is 18.5. The van der Waals surface area contributed by atoms with Crippen LogP contribution in [0.1, 0.15) is 29.7 Å². The van der Waals surface area contributed by atoms with Crippen LogP contribution in [0, 0.1) is 11.3 Å². The van der Waals surface area contributed by atoms with Crippen LogP contribution in [-0.4, -0.2) is 41.7 Å². The number of anilines is 2. The lowest BCUT2D eigenvalue weighted by atomic mass is 10.1. The molecule has 9 nitrogen and oxygen atoms in total. The summed E-state index contributed by atoms with van der Waals surface area (Å²) in [5.74, 6) is 0.843. The molecule has 26 heavy (non-hydrogen) atoms. The predicted octanol–water partition coefficient (Wildman–Crippen LogP) is 2.02. The summed E-state index contributed by atoms with van der Waals surface area (Å²) in [5, 5.41) is 11.4. The molecule has 0 atom stereocenters. The minimum atomic E-state index is -0.600. The van der Waals surface area contributed by atoms with Crippen molar-refractivity contribution in [3.8, 4) is 6.07 Å². The van der Waals surface area contributed by atoms with Gasteiger partial charge in [0.1, 0.15) is 11.9 Å². The van der Waals surface area contributed by atoms with Gasteiger partial charge in [0.05, 0.1) is 18.1 Å². The van der Waals surface area contributed by atoms with E-state index in [4.69, 9.17) is 14.7 Å². The predicted molar refractivity (Wildman–Crippen MR) is 92.4 cm³/mol. The number of carbonyl (C=O) groups is 1. The zero-order valence-corrected chi connectivity index (χ0v) is 14.5. The van der Waals surface area contributed by atoms with Gasteiger partial charge < -0.3 is 9.47 Å². The van der Waals surface area contributed by atoms with Crippen LogP contribution in [0.3, 0.4) is 0 Å². The Morgan fingerprint density at radius 2 is 2.12 bits per heavy atom. The standard InChI is InChI=1S/C17H18N6O3/c1-25-16(26-2)13-6-5-11-4-3-7-23(15(11)21-13)17(24)22-14-10-19-12(8-18)9-20-14/h5-6,9-10,16H,3-4,7H2,1-2H3,(H,20,22,24). The van der Waals surface area contributed by atoms with Gasteiger partial charge in [-0.15, -0.1) is 0 Å². The number of nitriles is 1. The highest BCUT2D eigenvalue weighted by molar-refractivity contribution is 6.01. The number of rotatable bonds is 4. The Hall–Kier alpha value is -3.09. The molecule has 0 saturated carbocycles. The lowest BCUT2D eigenvalue weighted by Crippen LogP contribution is -2.39. The van der Waals surface area contributed by atoms with Crippen LogP contribution in [0.5, 0.6) is 0 Å². The van der Waals surface area contributed by atoms with Crippen molar-refractivity contribution in [2.75, 3.05) is 31.0 Å². The van der Waals surface area contributed by atoms with Gasteiger partial charge in [-0.2, -0.15) is 5.26 Å². The van der Waals surface area contributed by atoms with E-state index >= 15 is 0 Å². The highest BCUT2D eigenvalue weighted by atomic mass is 16.7. The molecule has 2 aromatic rings. The molecule has 3 heterocycles. The topological polar surface area (TPSA) is 113 Å². The van der Waals surface area contributed by atoms with E-state index in [1.807, 2.05) is 18.2 Å². The number of nitrogens with one attached hydrogen (secondary N) is 1. The van der Waals surface area contributed by atoms with Gasteiger partial charge in [0.2, 0.25) is 6.29 Å². The first-order chi connectivity index (χ1) is 12.7. The second-order valence-electron chi connectivity index (χ2n) is 5.61. The van der Waals surface area contributed by atoms with Gasteiger partial charge in [-0.25, -0.2) is 19.7 Å². The van der Waals surface area contributed by atoms with Crippen molar-refractivity contribution in [1.29, 1.82) is 5.26 Å². The van der Waals surface area contributed by atoms with Gasteiger partial charge in [0.15, 0.2) is 11.5 Å². The second kappa shape index (κ2) is 7.86. The Morgan fingerprint density at radius 1 is 1.31 bits per heavy atom. The highest BCUT2D eigenvalue weighted by Crippen LogP contribution is 2.28. The highest BCUT2D eigenvalue weighted by Gasteiger charge is 2.26. The molecule has 1 aliphatic rings. The van der Waals surface area contributed by atoms with Gasteiger partial charge in [-0.3, -0.25) is 10.2 Å². The number of pyridine rings is 1. The SMILES string of the molecule is COC(OC)c1ccc2c(n1)N(C(=O)Nc1cnc(C#N)cn1)CCC2. The fraction of sp³-hybridized carbons (Fsp3) is 0.353. The van der Waals surface area contributed by atoms with Crippen LogP contribution in [0.4, 0.5) is 16.4 Å². The van der Waals surface area contributed by atoms with Crippen LogP contribution in [0.15, 0.2) is 24.5 Å². The molecule has 134 valence electrons. The van der Waals surface area contributed by atoms with Crippen molar-refractivity contribution >= 4 is 17.7 Å². The fourth-order valence-electron chi connectivity index (χ4n) is 2.75. The summed E-state index contributed by atoms with van der Waals surface area (Å²) in [6.45, 7) is 0.531. The molecule has 1 N–H and O–H groups in total. The first-order valence-electron chi connectivity index (χ1n) is 8.02. The average molecular weight is 354 g/mol. The van der Waals surface area contributed by atoms with Crippen LogP contribution in [0.2, 0.25) is 0 Å². The minimum Gasteiger partial charge on any atom is -0.350 e. The third kappa shape index (κ3) is 3.61. The number of urea groups is 1. The number of aryl methyl sites for hydroxylation is 1. The third-order valence-electron chi connectivity index (χ3n) is 3.98. The lowest BCUT2D eigenvalue weighted by Gasteiger charge is -2.29. The number of aromatic nitrogens is 3. The Kier molecular flexibility index (Phi) is 5.36. The summed E-state index contributed by atoms with van der Waals surface area (Å²) in [6, 6.07) is 5.29. The van der Waals surface area contributed by atoms with E-state index < -0.39 is 6.29 Å². The molecule has 0 fully saturated rings. The number of amides is 2. The molecule has 3 rings (SSSR count). The summed E-state index contributed by atoms with van der Waals surface area (Å²) in [5.41, 5.74) is 1.75. The fourth-order valence-corrected chi connectivity index (χ4v) is 2.75. The van der Waals surface area contributed by atoms with Crippen molar-refractivity contribution in [2.45, 2.75) is 19.1 Å². The van der Waals surface area contributed by atoms with E-state index in [-0.39, 0.29) is 17.5 Å². The zero-order valence-electron chi connectivity index (χ0n) is 14.5. The Labute approximate surface area is 150 Å². The molecule has 0 radical (unpaired) electrons. The maximum Gasteiger partial charge on any atom is 0.328 e. The second-order valence-corrected chi connectivity index (χ2v) is 5.61. The first kappa shape index (κ1) is 17.7. The third-order valence-corrected chi connectivity index (χ3v) is 3.98. The maximum atomic E-state index is 12.7. The summed E-state index contributed by atoms with van der Waals surface area (Å²) in [7, 11) is 3.06. The molecule has 9 heteroatoms. The number of hydrogen-bond acceptors (Lipinski definition) is 7. The quantitative estimate of drug-likeness (QED) is 0.836. The molecule has 0 aromatic carbocycles. The van der Waals surface area contributed by atoms with Crippen LogP contribution < -0.4 is 10.2 Å². The van der Waals surface area contributed by atoms with Crippen LogP contribution >= 0.6 is 0 Å². The molecule has 0 bridgehead atoms. The Morgan fingerprint density at radius 3 is 2.77 bits per heavy atom. The summed E-state index contributed by atoms with van der Waals surface area (Å²) in [6.07, 6.45) is 3.72. The van der Waals surface area contributed by atoms with E-state index in [0.717, 1.165) is 18.4 Å². The number of hydrogen-bond donors (Lipinski definition) is 1. The Balaban J connectivity index is 1.84. The number of ether oxygens (including phenoxy) is 2. The molecule has 1 aliphatic heterocycles. The summed E-state index contributed by atoms with van der Waals surface area (Å²) >= 11 is 0. The van der Waals surface area contributed by atoms with Crippen molar-refractivity contribution in [1.82, 2.24) is 15.0 Å². The largest absolute Gasteiger partial charge is 0.350 e. The molecule has 0 saturated heterocycles. The van der Waals surface area contributed by atoms with E-state index in [0.29, 0.717) is 18.1 Å². The molecule has 0 spiro atoms. The van der Waals surface area contributed by atoms with E-state index in [9.17, 15) is 4.79 Å². The van der Waals surface area contributed by atoms with Crippen LogP contribution in [0.25, 0.3) is 0 Å². The molecular formula is C17H18N6O3. The average Bonchev–Trinajstić information content (AvgIpc) is 2.69. The monoisotopic (exact) mass is 354 g/mol. The molecule has 0 aliphatic carbocycles. The van der Waals surface area contributed by atoms with Gasteiger partial charge >= 0.3 is 6.03 Å². The number of nitrogens with zero attached hydrogens (tertiary/aromatic N) is 5. The number of carbonyl (C=O) groups excluding carboxylic acids is 1. The van der Waals surface area contributed by atoms with E-state index in [2.05, 4.69) is 20.3 Å². The van der Waals surface area contributed by atoms with E-state index in [1.165, 1.54) is 26.6 Å². The number of fused-ring (bicyclic) bond motifs is 1. The minimum absolute atomic E-state index is 0.183. The Bertz CT molecular complexity index is 829. The van der Waals surface area contributed by atoms with Gasteiger partial charge in [-0.05, 0) is 24.5 Å². The summed E-state index contributed by atoms with van der Waals surface area (Å²) in [4.78, 5) is 26.7. The van der Waals surface area contributed by atoms with Gasteiger partial charge in [-0.1, -0.05) is 6.07 Å². The smallest absolute Gasteiger partial charge is 0.328 e. The van der Waals surface area contributed by atoms with Crippen molar-refractivity contribution in [3.05, 3.63) is 41.5 Å². The molecule has 2 aromatic heterocycles. The summed E-state index contributed by atoms with van der Waals surface area (Å²) < 4.78 is 10.5. The molecular weight excluding hydrogens is 336 g/mol. The molecule has 0 unspecified atom stereocenters. The lowest BCUT2D eigenvalue weighted by molar-refractivity contribution is -0.108. The molecule has 2 amide bonds.